The molecule has 254 valence electrons. The van der Waals surface area contributed by atoms with Gasteiger partial charge in [-0.2, -0.15) is 27.1 Å². The topological polar surface area (TPSA) is 127 Å². The molecule has 0 saturated carbocycles. The Morgan fingerprint density at radius 1 is 1.11 bits per heavy atom. The van der Waals surface area contributed by atoms with Crippen LogP contribution in [-0.2, 0) is 29.3 Å². The summed E-state index contributed by atoms with van der Waals surface area (Å²) >= 11 is 6.43. The number of aromatic nitrogens is 4. The summed E-state index contributed by atoms with van der Waals surface area (Å²) in [4.78, 5) is 46.5. The first-order chi connectivity index (χ1) is 22.3. The molecule has 0 radical (unpaired) electrons. The van der Waals surface area contributed by atoms with Crippen LogP contribution in [0.25, 0.3) is 11.3 Å². The molecule has 4 heterocycles. The van der Waals surface area contributed by atoms with Crippen LogP contribution in [0.4, 0.5) is 27.6 Å². The van der Waals surface area contributed by atoms with E-state index in [4.69, 9.17) is 11.6 Å². The molecule has 1 aromatic carbocycles. The van der Waals surface area contributed by atoms with Gasteiger partial charge in [0, 0.05) is 51.0 Å². The van der Waals surface area contributed by atoms with Crippen LogP contribution in [0.5, 0.6) is 0 Å². The molecule has 2 aliphatic rings. The lowest BCUT2D eigenvalue weighted by Gasteiger charge is -2.37. The lowest BCUT2D eigenvalue weighted by molar-refractivity contribution is -0.142. The predicted molar refractivity (Wildman–Crippen MR) is 159 cm³/mol. The number of nitrogens with one attached hydrogen (secondary N) is 2. The maximum atomic E-state index is 13.8. The average molecular weight is 687 g/mol. The van der Waals surface area contributed by atoms with Crippen LogP contribution in [0.15, 0.2) is 30.6 Å². The molecule has 2 N–H and O–H groups in total. The summed E-state index contributed by atoms with van der Waals surface area (Å²) in [6.45, 7) is -0.853. The van der Waals surface area contributed by atoms with Crippen molar-refractivity contribution in [2.24, 2.45) is 13.0 Å². The number of hydrogen-bond acceptors (Lipinski definition) is 7. The van der Waals surface area contributed by atoms with Crippen molar-refractivity contribution in [3.63, 3.8) is 0 Å². The van der Waals surface area contributed by atoms with E-state index < -0.39 is 36.6 Å². The van der Waals surface area contributed by atoms with Gasteiger partial charge in [0.2, 0.25) is 5.91 Å². The SMILES string of the molecule is Cn1c(-c2cn(CCOC(F)F)nc2C(F)(F)F)cnc1C(=O)Nc1ccc(C(=O)N2CCN(C(=O)C3CCNCC3)CC2)c(Cl)c1. The third-order valence-electron chi connectivity index (χ3n) is 8.09. The summed E-state index contributed by atoms with van der Waals surface area (Å²) in [5.41, 5.74) is -1.38. The highest BCUT2D eigenvalue weighted by atomic mass is 35.5. The normalized spacial score (nSPS) is 16.2. The zero-order valence-electron chi connectivity index (χ0n) is 25.2. The van der Waals surface area contributed by atoms with Crippen molar-refractivity contribution in [1.29, 1.82) is 0 Å². The van der Waals surface area contributed by atoms with Gasteiger partial charge in [0.1, 0.15) is 0 Å². The first kappa shape index (κ1) is 34.3. The fraction of sp³-hybridized carbons (Fsp3) is 0.483. The Morgan fingerprint density at radius 3 is 2.43 bits per heavy atom. The molecule has 5 rings (SSSR count). The van der Waals surface area contributed by atoms with Gasteiger partial charge in [-0.3, -0.25) is 19.1 Å². The lowest BCUT2D eigenvalue weighted by Crippen LogP contribution is -2.52. The molecular formula is C29H32ClF5N8O4. The molecule has 0 aliphatic carbocycles. The average Bonchev–Trinajstić information content (AvgIpc) is 3.64. The molecule has 47 heavy (non-hydrogen) atoms. The number of piperidine rings is 1. The third-order valence-corrected chi connectivity index (χ3v) is 8.40. The lowest BCUT2D eigenvalue weighted by atomic mass is 9.96. The van der Waals surface area contributed by atoms with E-state index in [2.05, 4.69) is 25.5 Å². The molecule has 0 spiro atoms. The first-order valence-electron chi connectivity index (χ1n) is 14.8. The molecule has 2 aliphatic heterocycles. The van der Waals surface area contributed by atoms with Gasteiger partial charge in [-0.05, 0) is 44.1 Å². The molecule has 18 heteroatoms. The number of halogens is 6. The Bertz CT molecular complexity index is 1610. The molecule has 2 fully saturated rings. The molecule has 3 amide bonds. The zero-order chi connectivity index (χ0) is 33.9. The van der Waals surface area contributed by atoms with Gasteiger partial charge in [-0.25, -0.2) is 4.98 Å². The van der Waals surface area contributed by atoms with Gasteiger partial charge in [-0.15, -0.1) is 0 Å². The Morgan fingerprint density at radius 2 is 1.79 bits per heavy atom. The number of imidazole rings is 1. The smallest absolute Gasteiger partial charge is 0.339 e. The number of ether oxygens (including phenoxy) is 1. The van der Waals surface area contributed by atoms with Crippen molar-refractivity contribution in [1.82, 2.24) is 34.4 Å². The molecule has 3 aromatic rings. The number of alkyl halides is 5. The fourth-order valence-electron chi connectivity index (χ4n) is 5.62. The molecule has 0 atom stereocenters. The fourth-order valence-corrected chi connectivity index (χ4v) is 5.88. The predicted octanol–water partition coefficient (Wildman–Crippen LogP) is 3.73. The minimum Gasteiger partial charge on any atom is -0.339 e. The molecule has 2 saturated heterocycles. The van der Waals surface area contributed by atoms with Gasteiger partial charge in [-0.1, -0.05) is 11.6 Å². The number of rotatable bonds is 9. The van der Waals surface area contributed by atoms with Crippen LogP contribution in [0.3, 0.4) is 0 Å². The molecule has 0 unspecified atom stereocenters. The highest BCUT2D eigenvalue weighted by Gasteiger charge is 2.39. The maximum Gasteiger partial charge on any atom is 0.435 e. The van der Waals surface area contributed by atoms with Crippen molar-refractivity contribution in [3.05, 3.63) is 52.7 Å². The second kappa shape index (κ2) is 14.4. The summed E-state index contributed by atoms with van der Waals surface area (Å²) in [5.74, 6) is -1.22. The molecular weight excluding hydrogens is 655 g/mol. The Hall–Kier alpha value is -4.09. The summed E-state index contributed by atoms with van der Waals surface area (Å²) in [6, 6.07) is 4.30. The number of benzene rings is 1. The summed E-state index contributed by atoms with van der Waals surface area (Å²) in [7, 11) is 1.34. The second-order valence-corrected chi connectivity index (χ2v) is 11.5. The van der Waals surface area contributed by atoms with Crippen LogP contribution in [-0.4, -0.2) is 99.3 Å². The Kier molecular flexibility index (Phi) is 10.5. The Labute approximate surface area is 270 Å². The van der Waals surface area contributed by atoms with Crippen molar-refractivity contribution in [2.45, 2.75) is 32.2 Å². The van der Waals surface area contributed by atoms with Crippen molar-refractivity contribution >= 4 is 35.0 Å². The number of carbonyl (C=O) groups is 3. The van der Waals surface area contributed by atoms with E-state index in [1.165, 1.54) is 25.2 Å². The van der Waals surface area contributed by atoms with Gasteiger partial charge in [0.25, 0.3) is 11.8 Å². The first-order valence-corrected chi connectivity index (χ1v) is 15.2. The van der Waals surface area contributed by atoms with Crippen molar-refractivity contribution in [2.75, 3.05) is 51.2 Å². The standard InChI is InChI=1S/C29H32ClF5N8O4/c1-40-22(20-16-43(12-13-47-28(31)32)39-23(20)29(33,34)35)15-37-24(40)25(44)38-18-2-3-19(21(30)14-18)27(46)42-10-8-41(9-11-42)26(45)17-4-6-36-7-5-17/h2-3,14-17,28,36H,4-13H2,1H3,(H,38,44). The van der Waals surface area contributed by atoms with E-state index in [1.807, 2.05) is 0 Å². The number of nitrogens with zero attached hydrogens (tertiary/aromatic N) is 6. The van der Waals surface area contributed by atoms with E-state index in [0.717, 1.165) is 47.6 Å². The van der Waals surface area contributed by atoms with Gasteiger partial charge in [0.05, 0.1) is 41.2 Å². The van der Waals surface area contributed by atoms with E-state index in [9.17, 15) is 36.3 Å². The molecule has 2 aromatic heterocycles. The summed E-state index contributed by atoms with van der Waals surface area (Å²) < 4.78 is 71.9. The number of piperazine rings is 1. The molecule has 12 nitrogen and oxygen atoms in total. The quantitative estimate of drug-likeness (QED) is 0.329. The van der Waals surface area contributed by atoms with E-state index in [-0.39, 0.29) is 52.1 Å². The van der Waals surface area contributed by atoms with Crippen LogP contribution in [0, 0.1) is 5.92 Å². The monoisotopic (exact) mass is 686 g/mol. The van der Waals surface area contributed by atoms with E-state index in [0.29, 0.717) is 26.2 Å². The minimum absolute atomic E-state index is 0.00290. The van der Waals surface area contributed by atoms with Crippen LogP contribution in [0.1, 0.15) is 39.5 Å². The minimum atomic E-state index is -4.88. The number of hydrogen-bond donors (Lipinski definition) is 2. The highest BCUT2D eigenvalue weighted by Crippen LogP contribution is 2.36. The van der Waals surface area contributed by atoms with Crippen LogP contribution < -0.4 is 10.6 Å². The third kappa shape index (κ3) is 7.90. The second-order valence-electron chi connectivity index (χ2n) is 11.1. The Balaban J connectivity index is 1.23. The number of amides is 3. The van der Waals surface area contributed by atoms with Crippen LogP contribution >= 0.6 is 11.6 Å². The van der Waals surface area contributed by atoms with Gasteiger partial charge < -0.3 is 29.7 Å². The maximum absolute atomic E-state index is 13.8. The van der Waals surface area contributed by atoms with Crippen molar-refractivity contribution < 1.29 is 41.1 Å². The zero-order valence-corrected chi connectivity index (χ0v) is 26.0. The highest BCUT2D eigenvalue weighted by molar-refractivity contribution is 6.34. The van der Waals surface area contributed by atoms with E-state index >= 15 is 0 Å². The number of anilines is 1. The van der Waals surface area contributed by atoms with Crippen LogP contribution in [0.2, 0.25) is 5.02 Å². The van der Waals surface area contributed by atoms with E-state index in [1.54, 1.807) is 9.80 Å². The van der Waals surface area contributed by atoms with Gasteiger partial charge in [0.15, 0.2) is 11.5 Å². The summed E-state index contributed by atoms with van der Waals surface area (Å²) in [6.07, 6.45) is -1.21. The van der Waals surface area contributed by atoms with Gasteiger partial charge >= 0.3 is 12.8 Å². The largest absolute Gasteiger partial charge is 0.435 e. The summed E-state index contributed by atoms with van der Waals surface area (Å²) in [5, 5.41) is 9.37. The number of carbonyl (C=O) groups excluding carboxylic acids is 3. The molecule has 0 bridgehead atoms. The van der Waals surface area contributed by atoms with Crippen molar-refractivity contribution in [3.8, 4) is 11.3 Å².